The third-order valence-corrected chi connectivity index (χ3v) is 16.7. The Kier molecular flexibility index (Phi) is 66.4. The van der Waals surface area contributed by atoms with Gasteiger partial charge in [-0.1, -0.05) is 359 Å². The molecule has 0 rings (SSSR count). The number of hydrogen-bond acceptors (Lipinski definition) is 5. The van der Waals surface area contributed by atoms with Crippen molar-refractivity contribution in [1.82, 2.24) is 5.32 Å². The van der Waals surface area contributed by atoms with E-state index >= 15 is 0 Å². The van der Waals surface area contributed by atoms with Crippen LogP contribution in [-0.4, -0.2) is 47.4 Å². The highest BCUT2D eigenvalue weighted by molar-refractivity contribution is 5.76. The number of amides is 1. The highest BCUT2D eigenvalue weighted by atomic mass is 16.5. The molecule has 0 aliphatic heterocycles. The summed E-state index contributed by atoms with van der Waals surface area (Å²) < 4.78 is 5.48. The highest BCUT2D eigenvalue weighted by Gasteiger charge is 2.20. The van der Waals surface area contributed by atoms with E-state index in [2.05, 4.69) is 43.5 Å². The van der Waals surface area contributed by atoms with E-state index in [1.165, 1.54) is 315 Å². The van der Waals surface area contributed by atoms with Crippen LogP contribution in [-0.2, 0) is 14.3 Å². The number of aliphatic hydroxyl groups excluding tert-OH is 2. The Hall–Kier alpha value is -1.66. The Morgan fingerprint density at radius 3 is 1.03 bits per heavy atom. The van der Waals surface area contributed by atoms with Crippen molar-refractivity contribution in [2.75, 3.05) is 13.2 Å². The van der Waals surface area contributed by atoms with Gasteiger partial charge in [0.1, 0.15) is 0 Å². The molecular weight excluding hydrogens is 959 g/mol. The van der Waals surface area contributed by atoms with Gasteiger partial charge in [0.15, 0.2) is 0 Å². The van der Waals surface area contributed by atoms with Crippen molar-refractivity contribution in [3.05, 3.63) is 24.3 Å². The number of hydrogen-bond donors (Lipinski definition) is 3. The van der Waals surface area contributed by atoms with Gasteiger partial charge < -0.3 is 20.3 Å². The summed E-state index contributed by atoms with van der Waals surface area (Å²) in [4.78, 5) is 24.5. The van der Waals surface area contributed by atoms with Crippen molar-refractivity contribution >= 4 is 11.9 Å². The summed E-state index contributed by atoms with van der Waals surface area (Å²) in [6.45, 7) is 4.92. The molecule has 0 fully saturated rings. The maximum Gasteiger partial charge on any atom is 0.305 e. The van der Waals surface area contributed by atoms with Crippen molar-refractivity contribution in [3.8, 4) is 0 Å². The summed E-state index contributed by atoms with van der Waals surface area (Å²) in [5.74, 6) is -0.0204. The molecule has 2 atom stereocenters. The van der Waals surface area contributed by atoms with Crippen LogP contribution in [0.2, 0.25) is 0 Å². The summed E-state index contributed by atoms with van der Waals surface area (Å²) >= 11 is 0. The molecule has 2 unspecified atom stereocenters. The van der Waals surface area contributed by atoms with E-state index in [-0.39, 0.29) is 18.5 Å². The monoisotopic (exact) mass is 1100 g/mol. The summed E-state index contributed by atoms with van der Waals surface area (Å²) in [7, 11) is 0. The summed E-state index contributed by atoms with van der Waals surface area (Å²) in [5, 5.41) is 23.3. The van der Waals surface area contributed by atoms with Gasteiger partial charge in [-0.3, -0.25) is 9.59 Å². The zero-order valence-electron chi connectivity index (χ0n) is 52.9. The van der Waals surface area contributed by atoms with Crippen molar-refractivity contribution in [2.24, 2.45) is 0 Å². The second-order valence-corrected chi connectivity index (χ2v) is 24.6. The third kappa shape index (κ3) is 63.5. The average Bonchev–Trinajstić information content (AvgIpc) is 3.44. The standard InChI is InChI=1S/C72H139NO5/c1-3-5-7-9-11-13-15-17-37-41-44-48-52-56-60-64-70(75)69(68-74)73-71(76)65-61-57-53-49-45-42-38-35-33-31-29-27-25-23-21-19-18-20-22-24-26-28-30-32-34-36-39-43-47-51-55-59-63-67-78-72(77)66-62-58-54-50-46-40-16-14-12-10-8-6-4-2/h8,10,14,16,69-70,74-75H,3-7,9,11-13,15,17-68H2,1-2H3,(H,73,76)/b10-8-,16-14-. The molecule has 0 saturated heterocycles. The average molecular weight is 1100 g/mol. The van der Waals surface area contributed by atoms with Crippen LogP contribution >= 0.6 is 0 Å². The molecular formula is C72H139NO5. The molecule has 462 valence electrons. The van der Waals surface area contributed by atoms with E-state index < -0.39 is 12.1 Å². The van der Waals surface area contributed by atoms with Crippen molar-refractivity contribution in [1.29, 1.82) is 0 Å². The van der Waals surface area contributed by atoms with Gasteiger partial charge in [-0.05, 0) is 51.4 Å². The molecule has 0 aromatic rings. The number of carbonyl (C=O) groups is 2. The maximum atomic E-state index is 12.5. The van der Waals surface area contributed by atoms with E-state index in [1.807, 2.05) is 0 Å². The van der Waals surface area contributed by atoms with Crippen LogP contribution < -0.4 is 5.32 Å². The molecule has 6 nitrogen and oxygen atoms in total. The molecule has 0 aromatic heterocycles. The van der Waals surface area contributed by atoms with Gasteiger partial charge in [0.2, 0.25) is 5.91 Å². The zero-order valence-corrected chi connectivity index (χ0v) is 52.9. The number of aliphatic hydroxyl groups is 2. The fourth-order valence-corrected chi connectivity index (χ4v) is 11.3. The number of nitrogens with one attached hydrogen (secondary N) is 1. The lowest BCUT2D eigenvalue weighted by Crippen LogP contribution is -2.45. The van der Waals surface area contributed by atoms with Crippen LogP contribution in [0.4, 0.5) is 0 Å². The molecule has 78 heavy (non-hydrogen) atoms. The molecule has 0 aromatic carbocycles. The minimum absolute atomic E-state index is 0.00677. The van der Waals surface area contributed by atoms with E-state index in [1.54, 1.807) is 0 Å². The second kappa shape index (κ2) is 67.8. The molecule has 0 aliphatic carbocycles. The number of esters is 1. The summed E-state index contributed by atoms with van der Waals surface area (Å²) in [6.07, 6.45) is 85.3. The number of allylic oxidation sites excluding steroid dienone is 4. The summed E-state index contributed by atoms with van der Waals surface area (Å²) in [6, 6.07) is -0.537. The van der Waals surface area contributed by atoms with E-state index in [0.717, 1.165) is 51.4 Å². The number of rotatable bonds is 67. The molecule has 0 bridgehead atoms. The third-order valence-electron chi connectivity index (χ3n) is 16.7. The fraction of sp³-hybridized carbons (Fsp3) is 0.917. The highest BCUT2D eigenvalue weighted by Crippen LogP contribution is 2.19. The normalized spacial score (nSPS) is 12.6. The molecule has 3 N–H and O–H groups in total. The van der Waals surface area contributed by atoms with Crippen LogP contribution in [0.3, 0.4) is 0 Å². The topological polar surface area (TPSA) is 95.9 Å². The Bertz CT molecular complexity index is 1220. The lowest BCUT2D eigenvalue weighted by atomic mass is 10.0. The van der Waals surface area contributed by atoms with Gasteiger partial charge >= 0.3 is 5.97 Å². The first-order valence-corrected chi connectivity index (χ1v) is 35.6. The smallest absolute Gasteiger partial charge is 0.305 e. The SMILES string of the molecule is CCC/C=C\C/C=C\CCCCCCCC(=O)OCCCCCCCCCCCCCCCCCCCCCCCCCCCCCCCCCCCC(=O)NC(CO)C(O)CCCCCCCCCCCCCCCCC. The Balaban J connectivity index is 3.31. The minimum Gasteiger partial charge on any atom is -0.466 e. The number of unbranched alkanes of at least 4 members (excludes halogenated alkanes) is 52. The van der Waals surface area contributed by atoms with Crippen LogP contribution in [0, 0.1) is 0 Å². The fourth-order valence-electron chi connectivity index (χ4n) is 11.3. The minimum atomic E-state index is -0.660. The van der Waals surface area contributed by atoms with E-state index in [9.17, 15) is 19.8 Å². The van der Waals surface area contributed by atoms with Crippen molar-refractivity contribution in [3.63, 3.8) is 0 Å². The van der Waals surface area contributed by atoms with Crippen LogP contribution in [0.5, 0.6) is 0 Å². The molecule has 0 radical (unpaired) electrons. The van der Waals surface area contributed by atoms with E-state index in [0.29, 0.717) is 25.9 Å². The first-order chi connectivity index (χ1) is 38.5. The van der Waals surface area contributed by atoms with Crippen LogP contribution in [0.25, 0.3) is 0 Å². The van der Waals surface area contributed by atoms with Gasteiger partial charge in [0, 0.05) is 12.8 Å². The maximum absolute atomic E-state index is 12.5. The zero-order chi connectivity index (χ0) is 56.4. The predicted octanol–water partition coefficient (Wildman–Crippen LogP) is 22.9. The molecule has 0 spiro atoms. The Morgan fingerprint density at radius 2 is 0.667 bits per heavy atom. The molecule has 0 aliphatic rings. The Labute approximate surface area is 488 Å². The first kappa shape index (κ1) is 76.3. The van der Waals surface area contributed by atoms with Crippen LogP contribution in [0.15, 0.2) is 24.3 Å². The lowest BCUT2D eigenvalue weighted by molar-refractivity contribution is -0.143. The molecule has 1 amide bonds. The largest absolute Gasteiger partial charge is 0.466 e. The molecule has 0 saturated carbocycles. The number of carbonyl (C=O) groups excluding carboxylic acids is 2. The first-order valence-electron chi connectivity index (χ1n) is 35.6. The lowest BCUT2D eigenvalue weighted by Gasteiger charge is -2.22. The van der Waals surface area contributed by atoms with Crippen molar-refractivity contribution < 1.29 is 24.5 Å². The number of ether oxygens (including phenoxy) is 1. The quantitative estimate of drug-likeness (QED) is 0.0320. The van der Waals surface area contributed by atoms with Gasteiger partial charge in [-0.2, -0.15) is 0 Å². The van der Waals surface area contributed by atoms with Crippen molar-refractivity contribution in [2.45, 2.75) is 411 Å². The van der Waals surface area contributed by atoms with Crippen LogP contribution in [0.1, 0.15) is 399 Å². The predicted molar refractivity (Wildman–Crippen MR) is 343 cm³/mol. The molecule has 6 heteroatoms. The van der Waals surface area contributed by atoms with E-state index in [4.69, 9.17) is 4.74 Å². The van der Waals surface area contributed by atoms with Gasteiger partial charge in [-0.25, -0.2) is 0 Å². The van der Waals surface area contributed by atoms with Gasteiger partial charge in [0.25, 0.3) is 0 Å². The summed E-state index contributed by atoms with van der Waals surface area (Å²) in [5.41, 5.74) is 0. The van der Waals surface area contributed by atoms with Gasteiger partial charge in [-0.15, -0.1) is 0 Å². The molecule has 0 heterocycles. The second-order valence-electron chi connectivity index (χ2n) is 24.6. The Morgan fingerprint density at radius 1 is 0.359 bits per heavy atom. The van der Waals surface area contributed by atoms with Gasteiger partial charge in [0.05, 0.1) is 25.4 Å².